The fraction of sp³-hybridized carbons (Fsp3) is 0.316. The molecule has 0 aromatic heterocycles. The smallest absolute Gasteiger partial charge is 0.262 e. The summed E-state index contributed by atoms with van der Waals surface area (Å²) in [6, 6.07) is 11.9. The molecule has 2 aromatic carbocycles. The van der Waals surface area contributed by atoms with Gasteiger partial charge in [0.25, 0.3) is 5.91 Å². The summed E-state index contributed by atoms with van der Waals surface area (Å²) in [4.78, 5) is 12.4. The fourth-order valence-corrected chi connectivity index (χ4v) is 4.22. The normalized spacial score (nSPS) is 11.4. The zero-order valence-corrected chi connectivity index (χ0v) is 17.9. The number of nitrogens with one attached hydrogen (secondary N) is 1. The van der Waals surface area contributed by atoms with E-state index in [1.807, 2.05) is 12.1 Å². The molecule has 0 heterocycles. The summed E-state index contributed by atoms with van der Waals surface area (Å²) in [5.74, 6) is 0.210. The van der Waals surface area contributed by atoms with Crippen molar-refractivity contribution in [3.63, 3.8) is 0 Å². The van der Waals surface area contributed by atoms with E-state index in [1.54, 1.807) is 45.0 Å². The number of halogens is 1. The number of aryl methyl sites for hydroxylation is 1. The molecule has 27 heavy (non-hydrogen) atoms. The van der Waals surface area contributed by atoms with Crippen LogP contribution in [0.4, 0.5) is 5.69 Å². The van der Waals surface area contributed by atoms with Gasteiger partial charge in [-0.25, -0.2) is 8.42 Å². The third-order valence-electron chi connectivity index (χ3n) is 4.01. The molecule has 0 aliphatic heterocycles. The van der Waals surface area contributed by atoms with Crippen molar-refractivity contribution in [2.45, 2.75) is 25.7 Å². The Hall–Kier alpha value is -1.90. The lowest BCUT2D eigenvalue weighted by Gasteiger charge is -2.19. The third kappa shape index (κ3) is 5.54. The van der Waals surface area contributed by atoms with Crippen LogP contribution in [0, 0.1) is 6.92 Å². The van der Waals surface area contributed by atoms with Gasteiger partial charge < -0.3 is 10.1 Å². The predicted molar refractivity (Wildman–Crippen MR) is 110 cm³/mol. The van der Waals surface area contributed by atoms with E-state index in [1.165, 1.54) is 10.4 Å². The molecule has 0 spiro atoms. The summed E-state index contributed by atoms with van der Waals surface area (Å²) < 4.78 is 33.1. The van der Waals surface area contributed by atoms with Crippen LogP contribution in [0.1, 0.15) is 19.4 Å². The van der Waals surface area contributed by atoms with Gasteiger partial charge in [-0.3, -0.25) is 4.79 Å². The highest BCUT2D eigenvalue weighted by atomic mass is 79.9. The lowest BCUT2D eigenvalue weighted by atomic mass is 10.2. The minimum absolute atomic E-state index is 0.154. The first-order valence-corrected chi connectivity index (χ1v) is 10.8. The lowest BCUT2D eigenvalue weighted by Crippen LogP contribution is -2.30. The Bertz CT molecular complexity index is 894. The first kappa shape index (κ1) is 21.4. The van der Waals surface area contributed by atoms with Gasteiger partial charge in [-0.1, -0.05) is 35.8 Å². The Morgan fingerprint density at radius 2 is 1.74 bits per heavy atom. The first-order valence-electron chi connectivity index (χ1n) is 8.57. The van der Waals surface area contributed by atoms with Crippen molar-refractivity contribution in [2.75, 3.05) is 25.0 Å². The van der Waals surface area contributed by atoms with Crippen molar-refractivity contribution in [2.24, 2.45) is 0 Å². The molecule has 0 bridgehead atoms. The van der Waals surface area contributed by atoms with Gasteiger partial charge in [0.05, 0.1) is 4.90 Å². The highest BCUT2D eigenvalue weighted by Crippen LogP contribution is 2.23. The molecule has 1 amide bonds. The van der Waals surface area contributed by atoms with Crippen LogP contribution in [-0.4, -0.2) is 38.3 Å². The summed E-state index contributed by atoms with van der Waals surface area (Å²) in [6.07, 6.45) is 0. The van der Waals surface area contributed by atoms with Gasteiger partial charge in [0.2, 0.25) is 10.0 Å². The van der Waals surface area contributed by atoms with Crippen LogP contribution >= 0.6 is 15.9 Å². The number of carbonyl (C=O) groups is 1. The number of nitrogens with zero attached hydrogens (tertiary/aromatic N) is 1. The number of sulfonamides is 1. The van der Waals surface area contributed by atoms with Crippen LogP contribution in [0.15, 0.2) is 51.8 Å². The number of carbonyl (C=O) groups excluding carboxylic acids is 1. The Kier molecular flexibility index (Phi) is 7.41. The number of rotatable bonds is 8. The largest absolute Gasteiger partial charge is 0.484 e. The van der Waals surface area contributed by atoms with Crippen molar-refractivity contribution < 1.29 is 17.9 Å². The highest BCUT2D eigenvalue weighted by molar-refractivity contribution is 9.10. The number of benzene rings is 2. The van der Waals surface area contributed by atoms with E-state index in [4.69, 9.17) is 4.74 Å². The van der Waals surface area contributed by atoms with Crippen LogP contribution in [0.3, 0.4) is 0 Å². The van der Waals surface area contributed by atoms with Crippen LogP contribution in [0.5, 0.6) is 5.75 Å². The van der Waals surface area contributed by atoms with Gasteiger partial charge in [0, 0.05) is 23.2 Å². The number of anilines is 1. The maximum atomic E-state index is 12.7. The van der Waals surface area contributed by atoms with E-state index in [0.717, 1.165) is 10.0 Å². The topological polar surface area (TPSA) is 75.7 Å². The van der Waals surface area contributed by atoms with Gasteiger partial charge in [0.1, 0.15) is 5.75 Å². The summed E-state index contributed by atoms with van der Waals surface area (Å²) in [6.45, 7) is 5.98. The number of ether oxygens (including phenoxy) is 1. The van der Waals surface area contributed by atoms with Gasteiger partial charge >= 0.3 is 0 Å². The number of amides is 1. The van der Waals surface area contributed by atoms with E-state index in [0.29, 0.717) is 24.5 Å². The van der Waals surface area contributed by atoms with Crippen LogP contribution in [0.2, 0.25) is 0 Å². The van der Waals surface area contributed by atoms with Crippen LogP contribution in [0.25, 0.3) is 0 Å². The van der Waals surface area contributed by atoms with Gasteiger partial charge in [-0.05, 0) is 48.9 Å². The van der Waals surface area contributed by atoms with Crippen molar-refractivity contribution in [3.05, 3.63) is 52.5 Å². The van der Waals surface area contributed by atoms with Crippen molar-refractivity contribution in [1.29, 1.82) is 0 Å². The third-order valence-corrected chi connectivity index (χ3v) is 6.58. The average Bonchev–Trinajstić information content (AvgIpc) is 2.63. The molecule has 0 aliphatic carbocycles. The molecule has 8 heteroatoms. The molecule has 0 saturated heterocycles. The number of hydrogen-bond donors (Lipinski definition) is 1. The quantitative estimate of drug-likeness (QED) is 0.657. The summed E-state index contributed by atoms with van der Waals surface area (Å²) in [5, 5.41) is 2.72. The predicted octanol–water partition coefficient (Wildman–Crippen LogP) is 3.81. The summed E-state index contributed by atoms with van der Waals surface area (Å²) in [5.41, 5.74) is 1.22. The van der Waals surface area contributed by atoms with Gasteiger partial charge in [-0.2, -0.15) is 4.31 Å². The first-order chi connectivity index (χ1) is 12.8. The maximum Gasteiger partial charge on any atom is 0.262 e. The standard InChI is InChI=1S/C19H23BrN2O4S/c1-4-22(5-2)27(24,25)17-11-6-14(3)18(12-17)21-19(23)13-26-16-9-7-15(20)8-10-16/h6-12H,4-5,13H2,1-3H3,(H,21,23). The Morgan fingerprint density at radius 3 is 2.33 bits per heavy atom. The lowest BCUT2D eigenvalue weighted by molar-refractivity contribution is -0.118. The zero-order chi connectivity index (χ0) is 20.0. The van der Waals surface area contributed by atoms with Crippen molar-refractivity contribution in [1.82, 2.24) is 4.31 Å². The molecule has 1 N–H and O–H groups in total. The van der Waals surface area contributed by atoms with Crippen molar-refractivity contribution in [3.8, 4) is 5.75 Å². The molecule has 2 rings (SSSR count). The molecule has 0 radical (unpaired) electrons. The zero-order valence-electron chi connectivity index (χ0n) is 15.5. The molecule has 0 unspecified atom stereocenters. The second kappa shape index (κ2) is 9.34. The molecular weight excluding hydrogens is 432 g/mol. The van der Waals surface area contributed by atoms with E-state index in [2.05, 4.69) is 21.2 Å². The van der Waals surface area contributed by atoms with Crippen LogP contribution < -0.4 is 10.1 Å². The SMILES string of the molecule is CCN(CC)S(=O)(=O)c1ccc(C)c(NC(=O)COc2ccc(Br)cc2)c1. The Balaban J connectivity index is 2.11. The Morgan fingerprint density at radius 1 is 1.11 bits per heavy atom. The summed E-state index contributed by atoms with van der Waals surface area (Å²) >= 11 is 3.33. The minimum atomic E-state index is -3.59. The minimum Gasteiger partial charge on any atom is -0.484 e. The molecule has 146 valence electrons. The van der Waals surface area contributed by atoms with Gasteiger partial charge in [-0.15, -0.1) is 0 Å². The highest BCUT2D eigenvalue weighted by Gasteiger charge is 2.22. The van der Waals surface area contributed by atoms with Crippen molar-refractivity contribution >= 4 is 37.5 Å². The monoisotopic (exact) mass is 454 g/mol. The molecular formula is C19H23BrN2O4S. The second-order valence-electron chi connectivity index (χ2n) is 5.86. The molecule has 0 fully saturated rings. The van der Waals surface area contributed by atoms with E-state index < -0.39 is 10.0 Å². The van der Waals surface area contributed by atoms with E-state index in [9.17, 15) is 13.2 Å². The maximum absolute atomic E-state index is 12.7. The molecule has 0 atom stereocenters. The Labute approximate surface area is 168 Å². The summed E-state index contributed by atoms with van der Waals surface area (Å²) in [7, 11) is -3.59. The van der Waals surface area contributed by atoms with Crippen LogP contribution in [-0.2, 0) is 14.8 Å². The molecule has 0 aliphatic rings. The van der Waals surface area contributed by atoms with Gasteiger partial charge in [0.15, 0.2) is 6.61 Å². The molecule has 2 aromatic rings. The molecule has 0 saturated carbocycles. The fourth-order valence-electron chi connectivity index (χ4n) is 2.47. The second-order valence-corrected chi connectivity index (χ2v) is 8.71. The number of hydrogen-bond acceptors (Lipinski definition) is 4. The van der Waals surface area contributed by atoms with E-state index >= 15 is 0 Å². The molecule has 6 nitrogen and oxygen atoms in total. The van der Waals surface area contributed by atoms with E-state index in [-0.39, 0.29) is 17.4 Å². The average molecular weight is 455 g/mol.